The van der Waals surface area contributed by atoms with Gasteiger partial charge in [0.1, 0.15) is 6.10 Å². The largest absolute Gasteiger partial charge is 0.372 e. The van der Waals surface area contributed by atoms with E-state index >= 15 is 0 Å². The van der Waals surface area contributed by atoms with Crippen LogP contribution in [0.4, 0.5) is 5.69 Å². The van der Waals surface area contributed by atoms with Gasteiger partial charge in [0.25, 0.3) is 5.91 Å². The molecule has 21 heavy (non-hydrogen) atoms. The molecular formula is C12H14ClN5O2S. The molecule has 0 saturated carbocycles. The molecule has 0 aliphatic carbocycles. The maximum atomic E-state index is 11.9. The number of nitrogens with zero attached hydrogens (tertiary/aromatic N) is 4. The number of carbonyl (C=O) groups excluding carboxylic acids is 1. The molecule has 1 unspecified atom stereocenters. The first-order chi connectivity index (χ1) is 10.0. The number of aromatic nitrogens is 4. The van der Waals surface area contributed by atoms with Gasteiger partial charge in [0, 0.05) is 24.1 Å². The molecule has 0 saturated heterocycles. The zero-order valence-corrected chi connectivity index (χ0v) is 13.3. The average Bonchev–Trinajstić information content (AvgIpc) is 2.86. The van der Waals surface area contributed by atoms with E-state index in [1.807, 2.05) is 0 Å². The number of methoxy groups -OCH3 is 1. The van der Waals surface area contributed by atoms with Gasteiger partial charge in [-0.05, 0) is 47.3 Å². The average molecular weight is 328 g/mol. The zero-order valence-electron chi connectivity index (χ0n) is 11.7. The minimum Gasteiger partial charge on any atom is -0.372 e. The van der Waals surface area contributed by atoms with E-state index in [0.29, 0.717) is 15.9 Å². The Morgan fingerprint density at radius 3 is 2.90 bits per heavy atom. The lowest BCUT2D eigenvalue weighted by Crippen LogP contribution is -2.26. The highest BCUT2D eigenvalue weighted by Crippen LogP contribution is 2.33. The summed E-state index contributed by atoms with van der Waals surface area (Å²) in [5, 5.41) is 15.2. The van der Waals surface area contributed by atoms with Crippen molar-refractivity contribution >= 4 is 35.0 Å². The molecule has 0 fully saturated rings. The number of hydrogen-bond acceptors (Lipinski definition) is 6. The number of aryl methyl sites for hydroxylation is 1. The third kappa shape index (κ3) is 3.93. The molecule has 112 valence electrons. The summed E-state index contributed by atoms with van der Waals surface area (Å²) in [5.41, 5.74) is 0.587. The summed E-state index contributed by atoms with van der Waals surface area (Å²) in [5.74, 6) is -0.252. The molecule has 1 heterocycles. The third-order valence-electron chi connectivity index (χ3n) is 2.70. The second kappa shape index (κ2) is 6.88. The first-order valence-electron chi connectivity index (χ1n) is 6.04. The lowest BCUT2D eigenvalue weighted by atomic mass is 10.3. The minimum absolute atomic E-state index is 0.252. The Labute approximate surface area is 131 Å². The van der Waals surface area contributed by atoms with Crippen molar-refractivity contribution in [1.82, 2.24) is 20.2 Å². The Hall–Kier alpha value is -1.64. The minimum atomic E-state index is -0.557. The molecule has 0 aliphatic rings. The van der Waals surface area contributed by atoms with Gasteiger partial charge in [-0.3, -0.25) is 4.79 Å². The van der Waals surface area contributed by atoms with Gasteiger partial charge >= 0.3 is 0 Å². The van der Waals surface area contributed by atoms with Crippen molar-refractivity contribution in [3.8, 4) is 0 Å². The highest BCUT2D eigenvalue weighted by atomic mass is 35.5. The molecule has 0 radical (unpaired) electrons. The Bertz CT molecular complexity index is 648. The monoisotopic (exact) mass is 327 g/mol. The van der Waals surface area contributed by atoms with Crippen molar-refractivity contribution in [1.29, 1.82) is 0 Å². The van der Waals surface area contributed by atoms with Crippen LogP contribution in [0.25, 0.3) is 0 Å². The number of hydrogen-bond donors (Lipinski definition) is 1. The maximum absolute atomic E-state index is 11.9. The number of carbonyl (C=O) groups is 1. The van der Waals surface area contributed by atoms with Gasteiger partial charge in [0.05, 0.1) is 5.69 Å². The van der Waals surface area contributed by atoms with Crippen LogP contribution in [0, 0.1) is 0 Å². The molecule has 1 N–H and O–H groups in total. The van der Waals surface area contributed by atoms with Gasteiger partial charge in [-0.2, -0.15) is 0 Å². The van der Waals surface area contributed by atoms with Crippen LogP contribution in [-0.2, 0) is 16.6 Å². The van der Waals surface area contributed by atoms with Crippen LogP contribution in [0.15, 0.2) is 28.3 Å². The lowest BCUT2D eigenvalue weighted by Gasteiger charge is -2.13. The molecule has 0 spiro atoms. The third-order valence-corrected chi connectivity index (χ3v) is 4.04. The first-order valence-corrected chi connectivity index (χ1v) is 7.24. The Morgan fingerprint density at radius 2 is 2.29 bits per heavy atom. The molecule has 7 nitrogen and oxygen atoms in total. The molecule has 1 amide bonds. The molecular weight excluding hydrogens is 314 g/mol. The summed E-state index contributed by atoms with van der Waals surface area (Å²) in [6.07, 6.45) is -0.557. The van der Waals surface area contributed by atoms with E-state index in [4.69, 9.17) is 16.3 Å². The van der Waals surface area contributed by atoms with Gasteiger partial charge in [-0.15, -0.1) is 5.10 Å². The number of amides is 1. The summed E-state index contributed by atoms with van der Waals surface area (Å²) >= 11 is 7.32. The van der Waals surface area contributed by atoms with Crippen LogP contribution in [0.1, 0.15) is 6.92 Å². The molecule has 2 aromatic rings. The fourth-order valence-corrected chi connectivity index (χ4v) is 2.41. The predicted octanol–water partition coefficient (Wildman–Crippen LogP) is 1.99. The highest BCUT2D eigenvalue weighted by molar-refractivity contribution is 7.99. The van der Waals surface area contributed by atoms with E-state index in [-0.39, 0.29) is 5.91 Å². The van der Waals surface area contributed by atoms with Crippen LogP contribution >= 0.6 is 23.4 Å². The molecule has 1 atom stereocenters. The number of tetrazole rings is 1. The Morgan fingerprint density at radius 1 is 1.52 bits per heavy atom. The van der Waals surface area contributed by atoms with E-state index in [2.05, 4.69) is 20.8 Å². The molecule has 1 aromatic heterocycles. The van der Waals surface area contributed by atoms with Crippen molar-refractivity contribution in [2.24, 2.45) is 7.05 Å². The quantitative estimate of drug-likeness (QED) is 0.904. The van der Waals surface area contributed by atoms with E-state index in [0.717, 1.165) is 4.90 Å². The number of anilines is 1. The number of nitrogens with one attached hydrogen (secondary N) is 1. The fraction of sp³-hybridized carbons (Fsp3) is 0.333. The molecule has 0 aliphatic heterocycles. The van der Waals surface area contributed by atoms with Crippen molar-refractivity contribution in [3.63, 3.8) is 0 Å². The predicted molar refractivity (Wildman–Crippen MR) is 79.5 cm³/mol. The summed E-state index contributed by atoms with van der Waals surface area (Å²) < 4.78 is 6.54. The maximum Gasteiger partial charge on any atom is 0.253 e. The van der Waals surface area contributed by atoms with Gasteiger partial charge < -0.3 is 10.1 Å². The second-order valence-electron chi connectivity index (χ2n) is 4.19. The normalized spacial score (nSPS) is 12.2. The lowest BCUT2D eigenvalue weighted by molar-refractivity contribution is -0.124. The summed E-state index contributed by atoms with van der Waals surface area (Å²) in [6, 6.07) is 5.21. The van der Waals surface area contributed by atoms with E-state index < -0.39 is 6.10 Å². The zero-order chi connectivity index (χ0) is 15.4. The van der Waals surface area contributed by atoms with Crippen LogP contribution in [0.2, 0.25) is 5.02 Å². The second-order valence-corrected chi connectivity index (χ2v) is 5.64. The van der Waals surface area contributed by atoms with Gasteiger partial charge in [-0.1, -0.05) is 11.6 Å². The summed E-state index contributed by atoms with van der Waals surface area (Å²) in [6.45, 7) is 1.67. The molecule has 0 bridgehead atoms. The SMILES string of the molecule is COC(C)C(=O)Nc1cc(Cl)ccc1Sc1nnnn1C. The van der Waals surface area contributed by atoms with Crippen molar-refractivity contribution in [3.05, 3.63) is 23.2 Å². The van der Waals surface area contributed by atoms with Crippen LogP contribution in [0.5, 0.6) is 0 Å². The summed E-state index contributed by atoms with van der Waals surface area (Å²) in [4.78, 5) is 12.7. The van der Waals surface area contributed by atoms with Crippen LogP contribution < -0.4 is 5.32 Å². The van der Waals surface area contributed by atoms with Crippen LogP contribution in [-0.4, -0.2) is 39.3 Å². The van der Waals surface area contributed by atoms with Crippen molar-refractivity contribution < 1.29 is 9.53 Å². The Balaban J connectivity index is 2.25. The molecule has 1 aromatic carbocycles. The smallest absolute Gasteiger partial charge is 0.253 e. The highest BCUT2D eigenvalue weighted by Gasteiger charge is 2.16. The fourth-order valence-electron chi connectivity index (χ4n) is 1.44. The van der Waals surface area contributed by atoms with E-state index in [9.17, 15) is 4.79 Å². The Kier molecular flexibility index (Phi) is 5.16. The first kappa shape index (κ1) is 15.7. The van der Waals surface area contributed by atoms with E-state index in [1.54, 1.807) is 36.9 Å². The van der Waals surface area contributed by atoms with E-state index in [1.165, 1.54) is 18.9 Å². The topological polar surface area (TPSA) is 81.9 Å². The number of halogens is 1. The van der Waals surface area contributed by atoms with Gasteiger partial charge in [0.2, 0.25) is 5.16 Å². The number of ether oxygens (including phenoxy) is 1. The van der Waals surface area contributed by atoms with Crippen molar-refractivity contribution in [2.75, 3.05) is 12.4 Å². The van der Waals surface area contributed by atoms with Crippen molar-refractivity contribution in [2.45, 2.75) is 23.1 Å². The van der Waals surface area contributed by atoms with Gasteiger partial charge in [-0.25, -0.2) is 4.68 Å². The number of benzene rings is 1. The van der Waals surface area contributed by atoms with Gasteiger partial charge in [0.15, 0.2) is 0 Å². The number of rotatable bonds is 5. The molecule has 9 heteroatoms. The standard InChI is InChI=1S/C12H14ClN5O2S/c1-7(20-3)11(19)14-9-6-8(13)4-5-10(9)21-12-15-16-17-18(12)2/h4-7H,1-3H3,(H,14,19). The van der Waals surface area contributed by atoms with Crippen LogP contribution in [0.3, 0.4) is 0 Å². The molecule has 2 rings (SSSR count). The summed E-state index contributed by atoms with van der Waals surface area (Å²) in [7, 11) is 3.21.